The highest BCUT2D eigenvalue weighted by atomic mass is 16.5. The number of hydrogen-bond donors (Lipinski definition) is 1. The van der Waals surface area contributed by atoms with E-state index in [-0.39, 0.29) is 0 Å². The lowest BCUT2D eigenvalue weighted by atomic mass is 10.2. The number of ether oxygens (including phenoxy) is 1. The minimum atomic E-state index is 0.535. The second-order valence-electron chi connectivity index (χ2n) is 3.29. The molecule has 1 aromatic rings. The Kier molecular flexibility index (Phi) is 2.77. The first-order chi connectivity index (χ1) is 6.45. The van der Waals surface area contributed by atoms with E-state index < -0.39 is 0 Å². The summed E-state index contributed by atoms with van der Waals surface area (Å²) in [5, 5.41) is 3.39. The molecule has 0 unspecified atom stereocenters. The van der Waals surface area contributed by atoms with Gasteiger partial charge in [0.1, 0.15) is 12.4 Å². The van der Waals surface area contributed by atoms with Crippen LogP contribution in [-0.2, 0) is 0 Å². The topological polar surface area (TPSA) is 34.1 Å². The van der Waals surface area contributed by atoms with Crippen molar-refractivity contribution in [3.63, 3.8) is 0 Å². The van der Waals surface area contributed by atoms with Gasteiger partial charge in [0, 0.05) is 18.4 Å². The first-order valence-corrected chi connectivity index (χ1v) is 4.71. The Morgan fingerprint density at radius 3 is 3.00 bits per heavy atom. The van der Waals surface area contributed by atoms with Gasteiger partial charge in [-0.15, -0.1) is 0 Å². The summed E-state index contributed by atoms with van der Waals surface area (Å²) < 4.78 is 5.59. The van der Waals surface area contributed by atoms with Gasteiger partial charge in [-0.3, -0.25) is 4.98 Å². The molecule has 0 radical (unpaired) electrons. The first-order valence-electron chi connectivity index (χ1n) is 4.71. The van der Waals surface area contributed by atoms with Crippen LogP contribution in [-0.4, -0.2) is 24.2 Å². The van der Waals surface area contributed by atoms with E-state index in [9.17, 15) is 0 Å². The van der Waals surface area contributed by atoms with Crippen LogP contribution in [0.15, 0.2) is 24.5 Å². The molecule has 2 heterocycles. The van der Waals surface area contributed by atoms with Crippen molar-refractivity contribution in [3.05, 3.63) is 24.5 Å². The Hall–Kier alpha value is -1.09. The predicted molar refractivity (Wildman–Crippen MR) is 50.8 cm³/mol. The number of nitrogens with zero attached hydrogens (tertiary/aromatic N) is 1. The van der Waals surface area contributed by atoms with Gasteiger partial charge in [-0.05, 0) is 31.5 Å². The molecule has 1 aromatic heterocycles. The summed E-state index contributed by atoms with van der Waals surface area (Å²) in [5.41, 5.74) is 0. The smallest absolute Gasteiger partial charge is 0.122 e. The molecular weight excluding hydrogens is 164 g/mol. The molecule has 70 valence electrons. The van der Waals surface area contributed by atoms with Gasteiger partial charge < -0.3 is 10.1 Å². The van der Waals surface area contributed by atoms with Crippen molar-refractivity contribution in [2.75, 3.05) is 13.2 Å². The highest BCUT2D eigenvalue weighted by Crippen LogP contribution is 2.10. The zero-order valence-corrected chi connectivity index (χ0v) is 7.57. The minimum absolute atomic E-state index is 0.535. The van der Waals surface area contributed by atoms with E-state index in [0.29, 0.717) is 6.04 Å². The van der Waals surface area contributed by atoms with Crippen molar-refractivity contribution < 1.29 is 4.74 Å². The Morgan fingerprint density at radius 2 is 2.31 bits per heavy atom. The second kappa shape index (κ2) is 4.23. The van der Waals surface area contributed by atoms with Gasteiger partial charge >= 0.3 is 0 Å². The summed E-state index contributed by atoms with van der Waals surface area (Å²) in [7, 11) is 0. The fourth-order valence-electron chi connectivity index (χ4n) is 1.53. The molecular formula is C10H14N2O. The predicted octanol–water partition coefficient (Wildman–Crippen LogP) is 1.21. The van der Waals surface area contributed by atoms with E-state index in [1.807, 2.05) is 12.1 Å². The van der Waals surface area contributed by atoms with Gasteiger partial charge in [0.15, 0.2) is 0 Å². The normalized spacial score (nSPS) is 21.7. The fraction of sp³-hybridized carbons (Fsp3) is 0.500. The monoisotopic (exact) mass is 178 g/mol. The summed E-state index contributed by atoms with van der Waals surface area (Å²) >= 11 is 0. The van der Waals surface area contributed by atoms with Crippen LogP contribution in [0.1, 0.15) is 12.8 Å². The second-order valence-corrected chi connectivity index (χ2v) is 3.29. The van der Waals surface area contributed by atoms with Crippen molar-refractivity contribution in [1.29, 1.82) is 0 Å². The molecule has 3 nitrogen and oxygen atoms in total. The molecule has 0 saturated carbocycles. The lowest BCUT2D eigenvalue weighted by Crippen LogP contribution is -2.28. The highest BCUT2D eigenvalue weighted by Gasteiger charge is 2.13. The third-order valence-corrected chi connectivity index (χ3v) is 2.26. The van der Waals surface area contributed by atoms with E-state index in [0.717, 1.165) is 18.9 Å². The van der Waals surface area contributed by atoms with E-state index in [1.165, 1.54) is 12.8 Å². The third kappa shape index (κ3) is 2.42. The van der Waals surface area contributed by atoms with Crippen LogP contribution in [0, 0.1) is 0 Å². The van der Waals surface area contributed by atoms with Crippen LogP contribution < -0.4 is 10.1 Å². The molecule has 1 aliphatic heterocycles. The average Bonchev–Trinajstić information content (AvgIpc) is 2.69. The highest BCUT2D eigenvalue weighted by molar-refractivity contribution is 5.16. The fourth-order valence-corrected chi connectivity index (χ4v) is 1.53. The molecule has 1 saturated heterocycles. The van der Waals surface area contributed by atoms with E-state index in [1.54, 1.807) is 12.4 Å². The summed E-state index contributed by atoms with van der Waals surface area (Å²) in [6, 6.07) is 4.30. The summed E-state index contributed by atoms with van der Waals surface area (Å²) in [5.74, 6) is 0.906. The van der Waals surface area contributed by atoms with Crippen LogP contribution in [0.25, 0.3) is 0 Å². The molecule has 0 aliphatic carbocycles. The van der Waals surface area contributed by atoms with Crippen molar-refractivity contribution >= 4 is 0 Å². The van der Waals surface area contributed by atoms with Gasteiger partial charge in [0.2, 0.25) is 0 Å². The van der Waals surface area contributed by atoms with Crippen molar-refractivity contribution in [3.8, 4) is 5.75 Å². The maximum atomic E-state index is 5.59. The number of aromatic nitrogens is 1. The van der Waals surface area contributed by atoms with Gasteiger partial charge in [0.25, 0.3) is 0 Å². The molecule has 0 bridgehead atoms. The lowest BCUT2D eigenvalue weighted by Gasteiger charge is -2.11. The van der Waals surface area contributed by atoms with Crippen LogP contribution in [0.3, 0.4) is 0 Å². The molecule has 1 N–H and O–H groups in total. The van der Waals surface area contributed by atoms with Gasteiger partial charge in [-0.25, -0.2) is 0 Å². The lowest BCUT2D eigenvalue weighted by molar-refractivity contribution is 0.277. The molecule has 0 spiro atoms. The Bertz CT molecular complexity index is 244. The molecule has 0 amide bonds. The molecule has 1 fully saturated rings. The zero-order chi connectivity index (χ0) is 8.93. The molecule has 3 heteroatoms. The Morgan fingerprint density at radius 1 is 1.46 bits per heavy atom. The maximum Gasteiger partial charge on any atom is 0.122 e. The molecule has 13 heavy (non-hydrogen) atoms. The van der Waals surface area contributed by atoms with Gasteiger partial charge in [0.05, 0.1) is 0 Å². The number of pyridine rings is 1. The standard InChI is InChI=1S/C10H14N2O/c1-2-9(12-5-1)8-13-10-3-6-11-7-4-10/h3-4,6-7,9,12H,1-2,5,8H2/t9-/m1/s1. The van der Waals surface area contributed by atoms with Gasteiger partial charge in [-0.1, -0.05) is 0 Å². The quantitative estimate of drug-likeness (QED) is 0.755. The number of hydrogen-bond acceptors (Lipinski definition) is 3. The largest absolute Gasteiger partial charge is 0.492 e. The molecule has 0 aromatic carbocycles. The van der Waals surface area contributed by atoms with Crippen LogP contribution in [0.5, 0.6) is 5.75 Å². The average molecular weight is 178 g/mol. The first kappa shape index (κ1) is 8.51. The van der Waals surface area contributed by atoms with Crippen LogP contribution >= 0.6 is 0 Å². The molecule has 1 aliphatic rings. The number of nitrogens with one attached hydrogen (secondary N) is 1. The SMILES string of the molecule is c1cc(OC[C@H]2CCCN2)ccn1. The summed E-state index contributed by atoms with van der Waals surface area (Å²) in [4.78, 5) is 3.93. The molecule has 1 atom stereocenters. The minimum Gasteiger partial charge on any atom is -0.492 e. The summed E-state index contributed by atoms with van der Waals surface area (Å²) in [6.07, 6.45) is 5.99. The molecule has 2 rings (SSSR count). The van der Waals surface area contributed by atoms with E-state index in [4.69, 9.17) is 4.74 Å². The summed E-state index contributed by atoms with van der Waals surface area (Å²) in [6.45, 7) is 1.90. The van der Waals surface area contributed by atoms with Crippen molar-refractivity contribution in [2.45, 2.75) is 18.9 Å². The van der Waals surface area contributed by atoms with E-state index in [2.05, 4.69) is 10.3 Å². The maximum absolute atomic E-state index is 5.59. The van der Waals surface area contributed by atoms with Crippen LogP contribution in [0.4, 0.5) is 0 Å². The van der Waals surface area contributed by atoms with Crippen LogP contribution in [0.2, 0.25) is 0 Å². The van der Waals surface area contributed by atoms with Crippen molar-refractivity contribution in [2.24, 2.45) is 0 Å². The third-order valence-electron chi connectivity index (χ3n) is 2.26. The number of rotatable bonds is 3. The van der Waals surface area contributed by atoms with Crippen molar-refractivity contribution in [1.82, 2.24) is 10.3 Å². The Labute approximate surface area is 78.1 Å². The Balaban J connectivity index is 1.79. The zero-order valence-electron chi connectivity index (χ0n) is 7.57. The van der Waals surface area contributed by atoms with E-state index >= 15 is 0 Å². The van der Waals surface area contributed by atoms with Gasteiger partial charge in [-0.2, -0.15) is 0 Å².